The number of amides is 6. The quantitative estimate of drug-likeness (QED) is 0.0634. The highest BCUT2D eigenvalue weighted by molar-refractivity contribution is 5.97. The molecule has 0 saturated carbocycles. The minimum atomic E-state index is -1.67. The van der Waals surface area contributed by atoms with Gasteiger partial charge in [0.05, 0.1) is 19.3 Å². The van der Waals surface area contributed by atoms with Crippen molar-refractivity contribution in [1.29, 1.82) is 0 Å². The van der Waals surface area contributed by atoms with Gasteiger partial charge in [0.2, 0.25) is 35.4 Å². The van der Waals surface area contributed by atoms with Crippen molar-refractivity contribution in [2.45, 2.75) is 89.3 Å². The summed E-state index contributed by atoms with van der Waals surface area (Å²) in [5, 5.41) is 53.1. The SMILES string of the molecule is CC(C)C[C@H](NC(=O)[C@H](Cc1ccccc1)NC(=O)[C@H](CO)NC(=O)[C@H](C)NC(=O)[C@H](C)N)C(=O)N[C@@H](Cc1ccc(O)cc1)C(=O)N[C@@H](CO)C(=O)O. The van der Waals surface area contributed by atoms with Crippen molar-refractivity contribution in [2.75, 3.05) is 13.2 Å². The number of carbonyl (C=O) groups excluding carboxylic acids is 6. The fourth-order valence-corrected chi connectivity index (χ4v) is 5.01. The zero-order valence-electron chi connectivity index (χ0n) is 30.6. The first-order chi connectivity index (χ1) is 25.4. The molecular weight excluding hydrogens is 706 g/mol. The molecule has 296 valence electrons. The van der Waals surface area contributed by atoms with Crippen LogP contribution in [0, 0.1) is 5.92 Å². The smallest absolute Gasteiger partial charge is 0.328 e. The Balaban J connectivity index is 2.35. The molecule has 0 aliphatic carbocycles. The largest absolute Gasteiger partial charge is 0.508 e. The Morgan fingerprint density at radius 3 is 1.44 bits per heavy atom. The maximum absolute atomic E-state index is 13.9. The zero-order chi connectivity index (χ0) is 40.5. The van der Waals surface area contributed by atoms with Gasteiger partial charge < -0.3 is 58.1 Å². The number of phenolic OH excluding ortho intramolecular Hbond substituents is 1. The van der Waals surface area contributed by atoms with E-state index in [1.54, 1.807) is 44.2 Å². The van der Waals surface area contributed by atoms with Gasteiger partial charge in [-0.05, 0) is 49.4 Å². The Bertz CT molecular complexity index is 1590. The van der Waals surface area contributed by atoms with Gasteiger partial charge in [0.25, 0.3) is 0 Å². The number of phenols is 1. The molecule has 18 nitrogen and oxygen atoms in total. The van der Waals surface area contributed by atoms with E-state index < -0.39 is 96.9 Å². The molecule has 2 aromatic carbocycles. The molecule has 54 heavy (non-hydrogen) atoms. The van der Waals surface area contributed by atoms with Crippen molar-refractivity contribution in [1.82, 2.24) is 31.9 Å². The van der Waals surface area contributed by atoms with Crippen LogP contribution < -0.4 is 37.6 Å². The summed E-state index contributed by atoms with van der Waals surface area (Å²) in [5.41, 5.74) is 6.62. The first-order valence-electron chi connectivity index (χ1n) is 17.3. The molecule has 0 aromatic heterocycles. The lowest BCUT2D eigenvalue weighted by molar-refractivity contribution is -0.143. The summed E-state index contributed by atoms with van der Waals surface area (Å²) < 4.78 is 0. The van der Waals surface area contributed by atoms with E-state index in [9.17, 15) is 54.0 Å². The molecule has 0 saturated heterocycles. The molecule has 6 amide bonds. The number of aliphatic carboxylic acids is 1. The fourth-order valence-electron chi connectivity index (χ4n) is 5.01. The monoisotopic (exact) mass is 757 g/mol. The molecule has 0 heterocycles. The molecule has 18 heteroatoms. The topological polar surface area (TPSA) is 299 Å². The molecule has 0 unspecified atom stereocenters. The average Bonchev–Trinajstić information content (AvgIpc) is 3.12. The number of carbonyl (C=O) groups is 7. The predicted molar refractivity (Wildman–Crippen MR) is 194 cm³/mol. The van der Waals surface area contributed by atoms with Gasteiger partial charge >= 0.3 is 5.97 Å². The highest BCUT2D eigenvalue weighted by Crippen LogP contribution is 2.13. The maximum Gasteiger partial charge on any atom is 0.328 e. The first-order valence-corrected chi connectivity index (χ1v) is 17.3. The average molecular weight is 758 g/mol. The van der Waals surface area contributed by atoms with E-state index in [2.05, 4.69) is 31.9 Å². The maximum atomic E-state index is 13.9. The van der Waals surface area contributed by atoms with E-state index in [4.69, 9.17) is 5.73 Å². The molecule has 0 radical (unpaired) electrons. The van der Waals surface area contributed by atoms with Gasteiger partial charge in [-0.1, -0.05) is 56.3 Å². The van der Waals surface area contributed by atoms with E-state index in [0.717, 1.165) is 0 Å². The lowest BCUT2D eigenvalue weighted by atomic mass is 9.99. The zero-order valence-corrected chi connectivity index (χ0v) is 30.6. The van der Waals surface area contributed by atoms with Crippen LogP contribution in [0.5, 0.6) is 5.75 Å². The minimum absolute atomic E-state index is 0.0558. The van der Waals surface area contributed by atoms with E-state index in [-0.39, 0.29) is 30.9 Å². The number of nitrogens with two attached hydrogens (primary N) is 1. The number of benzene rings is 2. The lowest BCUT2D eigenvalue weighted by Gasteiger charge is -2.27. The Labute approximate surface area is 312 Å². The van der Waals surface area contributed by atoms with Crippen LogP contribution >= 0.6 is 0 Å². The van der Waals surface area contributed by atoms with Crippen molar-refractivity contribution >= 4 is 41.4 Å². The van der Waals surface area contributed by atoms with Crippen LogP contribution in [0.1, 0.15) is 45.2 Å². The van der Waals surface area contributed by atoms with Crippen LogP contribution in [-0.4, -0.2) is 117 Å². The number of carboxylic acid groups (broad SMARTS) is 1. The molecule has 0 spiro atoms. The van der Waals surface area contributed by atoms with E-state index in [1.165, 1.54) is 38.1 Å². The molecule has 0 fully saturated rings. The van der Waals surface area contributed by atoms with Crippen LogP contribution in [0.15, 0.2) is 54.6 Å². The Morgan fingerprint density at radius 2 is 0.981 bits per heavy atom. The number of nitrogens with one attached hydrogen (secondary N) is 6. The number of hydrogen-bond acceptors (Lipinski definition) is 11. The number of hydrogen-bond donors (Lipinski definition) is 11. The highest BCUT2D eigenvalue weighted by atomic mass is 16.4. The Kier molecular flexibility index (Phi) is 18.0. The lowest BCUT2D eigenvalue weighted by Crippen LogP contribution is -2.60. The molecule has 0 bridgehead atoms. The van der Waals surface area contributed by atoms with Crippen molar-refractivity contribution in [3.8, 4) is 5.75 Å². The van der Waals surface area contributed by atoms with Crippen molar-refractivity contribution in [3.63, 3.8) is 0 Å². The molecule has 2 aromatic rings. The van der Waals surface area contributed by atoms with Crippen LogP contribution in [0.25, 0.3) is 0 Å². The van der Waals surface area contributed by atoms with E-state index in [1.807, 2.05) is 0 Å². The van der Waals surface area contributed by atoms with Gasteiger partial charge in [-0.15, -0.1) is 0 Å². The summed E-state index contributed by atoms with van der Waals surface area (Å²) in [4.78, 5) is 90.5. The van der Waals surface area contributed by atoms with Gasteiger partial charge in [0.15, 0.2) is 0 Å². The molecule has 0 aliphatic heterocycles. The van der Waals surface area contributed by atoms with Crippen LogP contribution in [-0.2, 0) is 46.4 Å². The van der Waals surface area contributed by atoms with Gasteiger partial charge in [-0.3, -0.25) is 28.8 Å². The number of rotatable bonds is 21. The van der Waals surface area contributed by atoms with Crippen LogP contribution in [0.4, 0.5) is 0 Å². The van der Waals surface area contributed by atoms with Crippen molar-refractivity contribution in [2.24, 2.45) is 11.7 Å². The highest BCUT2D eigenvalue weighted by Gasteiger charge is 2.33. The van der Waals surface area contributed by atoms with Gasteiger partial charge in [0.1, 0.15) is 42.0 Å². The third-order valence-electron chi connectivity index (χ3n) is 8.04. The van der Waals surface area contributed by atoms with Crippen molar-refractivity contribution in [3.05, 3.63) is 65.7 Å². The third-order valence-corrected chi connectivity index (χ3v) is 8.04. The number of aromatic hydroxyl groups is 1. The number of carboxylic acids is 1. The van der Waals surface area contributed by atoms with Crippen LogP contribution in [0.2, 0.25) is 0 Å². The molecular formula is C36H51N7O11. The van der Waals surface area contributed by atoms with Crippen molar-refractivity contribution < 1.29 is 54.0 Å². The van der Waals surface area contributed by atoms with E-state index >= 15 is 0 Å². The fraction of sp³-hybridized carbons (Fsp3) is 0.472. The van der Waals surface area contributed by atoms with Crippen LogP contribution in [0.3, 0.4) is 0 Å². The summed E-state index contributed by atoms with van der Waals surface area (Å²) in [5.74, 6) is -6.70. The molecule has 7 atom stereocenters. The second kappa shape index (κ2) is 21.8. The summed E-state index contributed by atoms with van der Waals surface area (Å²) in [7, 11) is 0. The number of aliphatic hydroxyl groups is 2. The third kappa shape index (κ3) is 14.8. The van der Waals surface area contributed by atoms with E-state index in [0.29, 0.717) is 11.1 Å². The van der Waals surface area contributed by atoms with Gasteiger partial charge in [0, 0.05) is 12.8 Å². The summed E-state index contributed by atoms with van der Waals surface area (Å²) in [6.07, 6.45) is -0.177. The van der Waals surface area contributed by atoms with Gasteiger partial charge in [-0.2, -0.15) is 0 Å². The summed E-state index contributed by atoms with van der Waals surface area (Å²) >= 11 is 0. The Hall–Kier alpha value is -5.59. The molecule has 0 aliphatic rings. The minimum Gasteiger partial charge on any atom is -0.508 e. The van der Waals surface area contributed by atoms with Gasteiger partial charge in [-0.25, -0.2) is 4.79 Å². The summed E-state index contributed by atoms with van der Waals surface area (Å²) in [6.45, 7) is 4.53. The predicted octanol–water partition coefficient (Wildman–Crippen LogP) is -2.43. The standard InChI is InChI=1S/C36H51N7O11/c1-19(2)14-25(32(49)40-27(16-23-10-12-24(46)13-11-23)34(51)43-29(18-45)36(53)54)39-33(50)26(15-22-8-6-5-7-9-22)41-35(52)28(17-44)42-31(48)21(4)38-30(47)20(3)37/h5-13,19-21,25-29,44-46H,14-18,37H2,1-4H3,(H,38,47)(H,39,50)(H,40,49)(H,41,52)(H,42,48)(H,43,51)(H,53,54)/t20-,21-,25-,26-,27-,28-,29-/m0/s1. The molecule has 2 rings (SSSR count). The normalized spacial score (nSPS) is 14.9. The summed E-state index contributed by atoms with van der Waals surface area (Å²) in [6, 6.07) is 4.99. The second-order valence-electron chi connectivity index (χ2n) is 13.2. The Morgan fingerprint density at radius 1 is 0.556 bits per heavy atom. The second-order valence-corrected chi connectivity index (χ2v) is 13.2. The number of aliphatic hydroxyl groups excluding tert-OH is 2. The first kappa shape index (κ1) is 44.6. The molecule has 12 N–H and O–H groups in total.